The molecule has 3 rings (SSSR count). The summed E-state index contributed by atoms with van der Waals surface area (Å²) >= 11 is 0. The summed E-state index contributed by atoms with van der Waals surface area (Å²) in [4.78, 5) is 11.5. The maximum absolute atomic E-state index is 14.7. The van der Waals surface area contributed by atoms with Gasteiger partial charge in [-0.15, -0.1) is 0 Å². The number of sulfonamides is 1. The lowest BCUT2D eigenvalue weighted by Crippen LogP contribution is -2.18. The number of aromatic nitrogens is 3. The van der Waals surface area contributed by atoms with E-state index in [0.29, 0.717) is 0 Å². The van der Waals surface area contributed by atoms with Gasteiger partial charge in [0.15, 0.2) is 11.6 Å². The molecule has 14 heteroatoms. The van der Waals surface area contributed by atoms with Crippen LogP contribution in [-0.4, -0.2) is 38.0 Å². The van der Waals surface area contributed by atoms with E-state index in [1.807, 2.05) is 0 Å². The van der Waals surface area contributed by atoms with Gasteiger partial charge >= 0.3 is 0 Å². The van der Waals surface area contributed by atoms with Gasteiger partial charge in [0.05, 0.1) is 17.0 Å². The fourth-order valence-electron chi connectivity index (χ4n) is 2.70. The number of rotatable bonds is 6. The normalized spacial score (nSPS) is 12.1. The Hall–Kier alpha value is -3.10. The summed E-state index contributed by atoms with van der Waals surface area (Å²) in [6, 6.07) is 4.19. The summed E-state index contributed by atoms with van der Waals surface area (Å²) < 4.78 is 95.0. The van der Waals surface area contributed by atoms with Crippen LogP contribution in [-0.2, 0) is 25.6 Å². The highest BCUT2D eigenvalue weighted by Crippen LogP contribution is 2.37. The molecule has 170 valence electrons. The molecule has 0 fully saturated rings. The van der Waals surface area contributed by atoms with E-state index in [1.165, 1.54) is 30.6 Å². The van der Waals surface area contributed by atoms with Crippen molar-refractivity contribution in [3.8, 4) is 22.9 Å². The second-order valence-electron chi connectivity index (χ2n) is 6.64. The summed E-state index contributed by atoms with van der Waals surface area (Å²) in [5.41, 5.74) is -1.48. The number of primary sulfonamides is 1. The van der Waals surface area contributed by atoms with E-state index in [0.717, 1.165) is 13.2 Å². The average Bonchev–Trinajstić information content (AvgIpc) is 2.72. The van der Waals surface area contributed by atoms with Gasteiger partial charge < -0.3 is 4.74 Å². The minimum absolute atomic E-state index is 0.0355. The van der Waals surface area contributed by atoms with Crippen LogP contribution in [0.5, 0.6) is 11.6 Å². The predicted molar refractivity (Wildman–Crippen MR) is 106 cm³/mol. The monoisotopic (exact) mass is 488 g/mol. The molecular weight excluding hydrogens is 473 g/mol. The Balaban J connectivity index is 2.13. The zero-order chi connectivity index (χ0) is 23.8. The Bertz CT molecular complexity index is 1400. The summed E-state index contributed by atoms with van der Waals surface area (Å²) in [6.45, 7) is 1.05. The Kier molecular flexibility index (Phi) is 6.22. The standard InChI is InChI=1S/C18H15F3N4O5S2/c1-9-13(19)11(8-32(22,28)29)14(20)15(21)16(9)30-17-10(4-3-6-23-17)12-5-7-24-18(25-12)31(2,26)27/h3-7H,8H2,1-2H3,(H2,22,28,29). The molecule has 0 saturated heterocycles. The van der Waals surface area contributed by atoms with Crippen LogP contribution >= 0.6 is 0 Å². The molecule has 2 N–H and O–H groups in total. The molecule has 3 aromatic rings. The SMILES string of the molecule is Cc1c(F)c(CS(N)(=O)=O)c(F)c(F)c1Oc1ncccc1-c1ccnc(S(C)(=O)=O)n1. The first-order chi connectivity index (χ1) is 14.8. The topological polar surface area (TPSA) is 142 Å². The number of pyridine rings is 1. The molecular formula is C18H15F3N4O5S2. The van der Waals surface area contributed by atoms with Crippen molar-refractivity contribution in [3.05, 3.63) is 59.2 Å². The fourth-order valence-corrected chi connectivity index (χ4v) is 3.87. The molecule has 2 heterocycles. The van der Waals surface area contributed by atoms with Crippen LogP contribution in [0.3, 0.4) is 0 Å². The molecule has 0 bridgehead atoms. The predicted octanol–water partition coefficient (Wildman–Crippen LogP) is 2.25. The van der Waals surface area contributed by atoms with Gasteiger partial charge in [-0.25, -0.2) is 45.7 Å². The first-order valence-electron chi connectivity index (χ1n) is 8.62. The van der Waals surface area contributed by atoms with E-state index in [9.17, 15) is 30.0 Å². The Labute approximate surface area is 181 Å². The van der Waals surface area contributed by atoms with Crippen LogP contribution in [0.25, 0.3) is 11.3 Å². The van der Waals surface area contributed by atoms with Gasteiger partial charge in [-0.2, -0.15) is 4.39 Å². The maximum atomic E-state index is 14.7. The van der Waals surface area contributed by atoms with Gasteiger partial charge in [0.2, 0.25) is 36.7 Å². The highest BCUT2D eigenvalue weighted by Gasteiger charge is 2.27. The second kappa shape index (κ2) is 8.44. The Morgan fingerprint density at radius 1 is 1.00 bits per heavy atom. The van der Waals surface area contributed by atoms with E-state index in [4.69, 9.17) is 9.88 Å². The smallest absolute Gasteiger partial charge is 0.247 e. The van der Waals surface area contributed by atoms with Crippen LogP contribution < -0.4 is 9.88 Å². The lowest BCUT2D eigenvalue weighted by atomic mass is 10.1. The molecule has 0 aliphatic rings. The Morgan fingerprint density at radius 3 is 2.31 bits per heavy atom. The van der Waals surface area contributed by atoms with Gasteiger partial charge in [0.25, 0.3) is 0 Å². The van der Waals surface area contributed by atoms with Crippen LogP contribution in [0.15, 0.2) is 35.7 Å². The lowest BCUT2D eigenvalue weighted by Gasteiger charge is -2.15. The first kappa shape index (κ1) is 23.6. The van der Waals surface area contributed by atoms with E-state index < -0.39 is 65.1 Å². The molecule has 32 heavy (non-hydrogen) atoms. The largest absolute Gasteiger partial charge is 0.435 e. The van der Waals surface area contributed by atoms with Gasteiger partial charge in [0.1, 0.15) is 5.82 Å². The van der Waals surface area contributed by atoms with Crippen molar-refractivity contribution in [2.45, 2.75) is 17.8 Å². The van der Waals surface area contributed by atoms with Crippen molar-refractivity contribution >= 4 is 19.9 Å². The van der Waals surface area contributed by atoms with Crippen LogP contribution in [0, 0.1) is 24.4 Å². The van der Waals surface area contributed by atoms with Crippen LogP contribution in [0.1, 0.15) is 11.1 Å². The molecule has 0 saturated carbocycles. The van der Waals surface area contributed by atoms with E-state index >= 15 is 0 Å². The first-order valence-corrected chi connectivity index (χ1v) is 12.2. The molecule has 1 aromatic carbocycles. The minimum Gasteiger partial charge on any atom is -0.435 e. The minimum atomic E-state index is -4.35. The van der Waals surface area contributed by atoms with Gasteiger partial charge in [0, 0.05) is 29.8 Å². The molecule has 0 aliphatic carbocycles. The molecule has 0 aliphatic heterocycles. The third-order valence-corrected chi connectivity index (χ3v) is 5.70. The highest BCUT2D eigenvalue weighted by molar-refractivity contribution is 7.90. The number of ether oxygens (including phenoxy) is 1. The van der Waals surface area contributed by atoms with Gasteiger partial charge in [-0.1, -0.05) is 0 Å². The van der Waals surface area contributed by atoms with E-state index in [-0.39, 0.29) is 17.1 Å². The summed E-state index contributed by atoms with van der Waals surface area (Å²) in [6.07, 6.45) is 3.32. The Morgan fingerprint density at radius 2 is 1.69 bits per heavy atom. The number of hydrogen-bond donors (Lipinski definition) is 1. The zero-order valence-electron chi connectivity index (χ0n) is 16.5. The van der Waals surface area contributed by atoms with E-state index in [2.05, 4.69) is 15.0 Å². The van der Waals surface area contributed by atoms with Crippen LogP contribution in [0.4, 0.5) is 13.2 Å². The molecule has 0 amide bonds. The van der Waals surface area contributed by atoms with Crippen molar-refractivity contribution in [1.29, 1.82) is 0 Å². The van der Waals surface area contributed by atoms with Crippen molar-refractivity contribution < 1.29 is 34.7 Å². The van der Waals surface area contributed by atoms with Gasteiger partial charge in [-0.05, 0) is 25.1 Å². The highest BCUT2D eigenvalue weighted by atomic mass is 32.2. The molecule has 0 atom stereocenters. The lowest BCUT2D eigenvalue weighted by molar-refractivity contribution is 0.391. The third-order valence-electron chi connectivity index (χ3n) is 4.15. The molecule has 0 unspecified atom stereocenters. The van der Waals surface area contributed by atoms with Crippen molar-refractivity contribution in [2.75, 3.05) is 6.26 Å². The van der Waals surface area contributed by atoms with Crippen LogP contribution in [0.2, 0.25) is 0 Å². The van der Waals surface area contributed by atoms with E-state index in [1.54, 1.807) is 0 Å². The maximum Gasteiger partial charge on any atom is 0.247 e. The zero-order valence-corrected chi connectivity index (χ0v) is 18.1. The average molecular weight is 488 g/mol. The molecule has 2 aromatic heterocycles. The number of benzene rings is 1. The summed E-state index contributed by atoms with van der Waals surface area (Å²) in [5, 5.41) is 4.33. The summed E-state index contributed by atoms with van der Waals surface area (Å²) in [5.74, 6) is -7.27. The molecule has 0 radical (unpaired) electrons. The fraction of sp³-hybridized carbons (Fsp3) is 0.167. The third kappa shape index (κ3) is 4.87. The number of hydrogen-bond acceptors (Lipinski definition) is 8. The number of sulfone groups is 1. The number of nitrogens with two attached hydrogens (primary N) is 1. The quantitative estimate of drug-likeness (QED) is 0.411. The van der Waals surface area contributed by atoms with Gasteiger partial charge in [-0.3, -0.25) is 0 Å². The van der Waals surface area contributed by atoms with Crippen molar-refractivity contribution in [2.24, 2.45) is 5.14 Å². The number of halogens is 3. The summed E-state index contributed by atoms with van der Waals surface area (Å²) in [7, 11) is -8.10. The van der Waals surface area contributed by atoms with Crippen molar-refractivity contribution in [1.82, 2.24) is 15.0 Å². The number of nitrogens with zero attached hydrogens (tertiary/aromatic N) is 3. The van der Waals surface area contributed by atoms with Crippen molar-refractivity contribution in [3.63, 3.8) is 0 Å². The molecule has 9 nitrogen and oxygen atoms in total. The second-order valence-corrected chi connectivity index (χ2v) is 10.2. The molecule has 0 spiro atoms.